The van der Waals surface area contributed by atoms with Crippen molar-refractivity contribution in [1.82, 2.24) is 19.3 Å². The monoisotopic (exact) mass is 297 g/mol. The minimum atomic E-state index is 0.00559. The summed E-state index contributed by atoms with van der Waals surface area (Å²) in [6, 6.07) is 7.74. The number of amides is 1. The molecule has 3 rings (SSSR count). The van der Waals surface area contributed by atoms with Crippen molar-refractivity contribution in [2.24, 2.45) is 0 Å². The van der Waals surface area contributed by atoms with Crippen molar-refractivity contribution < 1.29 is 4.79 Å². The van der Waals surface area contributed by atoms with E-state index in [2.05, 4.69) is 21.9 Å². The van der Waals surface area contributed by atoms with Crippen molar-refractivity contribution in [2.45, 2.75) is 33.4 Å². The van der Waals surface area contributed by atoms with E-state index in [1.54, 1.807) is 6.20 Å². The lowest BCUT2D eigenvalue weighted by atomic mass is 10.2. The molecule has 1 amide bonds. The zero-order valence-corrected chi connectivity index (χ0v) is 12.8. The fourth-order valence-corrected chi connectivity index (χ4v) is 2.52. The van der Waals surface area contributed by atoms with Crippen LogP contribution in [0.25, 0.3) is 11.0 Å². The van der Waals surface area contributed by atoms with Gasteiger partial charge in [0.15, 0.2) is 0 Å². The van der Waals surface area contributed by atoms with Gasteiger partial charge in [0.2, 0.25) is 5.91 Å². The molecule has 6 heteroatoms. The molecule has 2 heterocycles. The largest absolute Gasteiger partial charge is 0.327 e. The van der Waals surface area contributed by atoms with Crippen LogP contribution in [0.15, 0.2) is 36.7 Å². The summed E-state index contributed by atoms with van der Waals surface area (Å²) in [7, 11) is 0. The molecule has 0 unspecified atom stereocenters. The summed E-state index contributed by atoms with van der Waals surface area (Å²) in [6.07, 6.45) is 4.15. The third kappa shape index (κ3) is 2.72. The summed E-state index contributed by atoms with van der Waals surface area (Å²) in [5.74, 6) is 0.964. The molecule has 0 aliphatic carbocycles. The van der Waals surface area contributed by atoms with E-state index >= 15 is 0 Å². The Bertz CT molecular complexity index is 788. The highest BCUT2D eigenvalue weighted by Gasteiger charge is 2.11. The number of nitrogens with zero attached hydrogens (tertiary/aromatic N) is 4. The fraction of sp³-hybridized carbons (Fsp3) is 0.312. The first kappa shape index (κ1) is 14.3. The number of aromatic nitrogens is 4. The summed E-state index contributed by atoms with van der Waals surface area (Å²) in [4.78, 5) is 16.2. The molecule has 0 fully saturated rings. The molecule has 0 bridgehead atoms. The van der Waals surface area contributed by atoms with Crippen molar-refractivity contribution in [3.63, 3.8) is 0 Å². The molecule has 1 N–H and O–H groups in total. The van der Waals surface area contributed by atoms with Crippen molar-refractivity contribution >= 4 is 22.6 Å². The summed E-state index contributed by atoms with van der Waals surface area (Å²) >= 11 is 0. The summed E-state index contributed by atoms with van der Waals surface area (Å²) in [5.41, 5.74) is 2.74. The van der Waals surface area contributed by atoms with Crippen LogP contribution < -0.4 is 5.32 Å². The smallest absolute Gasteiger partial charge is 0.224 e. The second-order valence-electron chi connectivity index (χ2n) is 5.08. The van der Waals surface area contributed by atoms with Crippen LogP contribution in [0.1, 0.15) is 26.1 Å². The molecule has 2 aromatic heterocycles. The van der Waals surface area contributed by atoms with Crippen molar-refractivity contribution in [3.8, 4) is 0 Å². The Morgan fingerprint density at radius 1 is 1.32 bits per heavy atom. The number of aryl methyl sites for hydroxylation is 1. The first-order valence-corrected chi connectivity index (χ1v) is 7.47. The van der Waals surface area contributed by atoms with Crippen molar-refractivity contribution in [3.05, 3.63) is 42.5 Å². The second kappa shape index (κ2) is 6.01. The predicted molar refractivity (Wildman–Crippen MR) is 85.7 cm³/mol. The van der Waals surface area contributed by atoms with Gasteiger partial charge < -0.3 is 9.88 Å². The van der Waals surface area contributed by atoms with E-state index in [0.29, 0.717) is 13.0 Å². The molecule has 0 aliphatic rings. The van der Waals surface area contributed by atoms with Gasteiger partial charge in [-0.15, -0.1) is 0 Å². The highest BCUT2D eigenvalue weighted by Crippen LogP contribution is 2.21. The average Bonchev–Trinajstić information content (AvgIpc) is 3.14. The topological polar surface area (TPSA) is 64.7 Å². The Morgan fingerprint density at radius 3 is 2.86 bits per heavy atom. The number of rotatable bonds is 5. The molecule has 0 radical (unpaired) electrons. The van der Waals surface area contributed by atoms with Crippen LogP contribution in [-0.2, 0) is 17.9 Å². The number of benzene rings is 1. The zero-order chi connectivity index (χ0) is 15.5. The zero-order valence-electron chi connectivity index (χ0n) is 12.8. The molecule has 1 aromatic carbocycles. The normalized spacial score (nSPS) is 11.0. The molecule has 3 aromatic rings. The predicted octanol–water partition coefficient (Wildman–Crippen LogP) is 2.65. The number of imidazole rings is 1. The van der Waals surface area contributed by atoms with Crippen LogP contribution in [0.3, 0.4) is 0 Å². The Hall–Kier alpha value is -2.63. The van der Waals surface area contributed by atoms with Crippen LogP contribution >= 0.6 is 0 Å². The van der Waals surface area contributed by atoms with Crippen LogP contribution in [0.2, 0.25) is 0 Å². The van der Waals surface area contributed by atoms with E-state index in [0.717, 1.165) is 29.1 Å². The van der Waals surface area contributed by atoms with Crippen LogP contribution in [0.5, 0.6) is 0 Å². The Morgan fingerprint density at radius 2 is 2.18 bits per heavy atom. The van der Waals surface area contributed by atoms with Crippen LogP contribution in [0.4, 0.5) is 5.69 Å². The van der Waals surface area contributed by atoms with Gasteiger partial charge in [0.25, 0.3) is 0 Å². The molecule has 0 saturated heterocycles. The van der Waals surface area contributed by atoms with Gasteiger partial charge in [0.1, 0.15) is 5.82 Å². The number of hydrogen-bond acceptors (Lipinski definition) is 3. The summed E-state index contributed by atoms with van der Waals surface area (Å²) in [5, 5.41) is 7.10. The Kier molecular flexibility index (Phi) is 3.91. The standard InChI is InChI=1S/C16H19N5O/c1-3-16(22)18-12-6-7-14-13(10-12)19-15(21(14)4-2)11-20-9-5-8-17-20/h5-10H,3-4,11H2,1-2H3,(H,18,22). The SMILES string of the molecule is CCC(=O)Nc1ccc2c(c1)nc(Cn1cccn1)n2CC. The molecule has 22 heavy (non-hydrogen) atoms. The number of anilines is 1. The first-order chi connectivity index (χ1) is 10.7. The van der Waals surface area contributed by atoms with Gasteiger partial charge >= 0.3 is 0 Å². The lowest BCUT2D eigenvalue weighted by Gasteiger charge is -2.06. The van der Waals surface area contributed by atoms with Crippen molar-refractivity contribution in [2.75, 3.05) is 5.32 Å². The minimum absolute atomic E-state index is 0.00559. The number of carbonyl (C=O) groups excluding carboxylic acids is 1. The molecule has 0 saturated carbocycles. The van der Waals surface area contributed by atoms with E-state index in [4.69, 9.17) is 4.98 Å². The molecular weight excluding hydrogens is 278 g/mol. The lowest BCUT2D eigenvalue weighted by Crippen LogP contribution is -2.09. The van der Waals surface area contributed by atoms with Gasteiger partial charge in [-0.1, -0.05) is 6.92 Å². The molecule has 114 valence electrons. The van der Waals surface area contributed by atoms with Gasteiger partial charge in [0, 0.05) is 31.0 Å². The maximum Gasteiger partial charge on any atom is 0.224 e. The molecular formula is C16H19N5O. The van der Waals surface area contributed by atoms with Crippen molar-refractivity contribution in [1.29, 1.82) is 0 Å². The number of fused-ring (bicyclic) bond motifs is 1. The molecule has 6 nitrogen and oxygen atoms in total. The van der Waals surface area contributed by atoms with Gasteiger partial charge in [-0.25, -0.2) is 4.98 Å². The maximum absolute atomic E-state index is 11.5. The quantitative estimate of drug-likeness (QED) is 0.787. The van der Waals surface area contributed by atoms with Gasteiger partial charge in [-0.2, -0.15) is 5.10 Å². The third-order valence-corrected chi connectivity index (χ3v) is 3.61. The maximum atomic E-state index is 11.5. The fourth-order valence-electron chi connectivity index (χ4n) is 2.52. The van der Waals surface area contributed by atoms with Gasteiger partial charge in [-0.05, 0) is 31.2 Å². The number of carbonyl (C=O) groups is 1. The molecule has 0 atom stereocenters. The number of hydrogen-bond donors (Lipinski definition) is 1. The minimum Gasteiger partial charge on any atom is -0.327 e. The van der Waals surface area contributed by atoms with Crippen LogP contribution in [0, 0.1) is 0 Å². The van der Waals surface area contributed by atoms with E-state index in [9.17, 15) is 4.79 Å². The Labute approximate surface area is 128 Å². The summed E-state index contributed by atoms with van der Waals surface area (Å²) in [6.45, 7) is 5.41. The first-order valence-electron chi connectivity index (χ1n) is 7.47. The van der Waals surface area contributed by atoms with Crippen LogP contribution in [-0.4, -0.2) is 25.2 Å². The molecule has 0 spiro atoms. The highest BCUT2D eigenvalue weighted by atomic mass is 16.1. The summed E-state index contributed by atoms with van der Waals surface area (Å²) < 4.78 is 4.02. The van der Waals surface area contributed by atoms with E-state index in [-0.39, 0.29) is 5.91 Å². The third-order valence-electron chi connectivity index (χ3n) is 3.61. The molecule has 0 aliphatic heterocycles. The number of nitrogens with one attached hydrogen (secondary N) is 1. The highest BCUT2D eigenvalue weighted by molar-refractivity contribution is 5.92. The van der Waals surface area contributed by atoms with E-state index < -0.39 is 0 Å². The average molecular weight is 297 g/mol. The van der Waals surface area contributed by atoms with Gasteiger partial charge in [0.05, 0.1) is 17.6 Å². The second-order valence-corrected chi connectivity index (χ2v) is 5.08. The van der Waals surface area contributed by atoms with E-state index in [1.807, 2.05) is 42.1 Å². The van der Waals surface area contributed by atoms with E-state index in [1.165, 1.54) is 0 Å². The lowest BCUT2D eigenvalue weighted by molar-refractivity contribution is -0.115. The van der Waals surface area contributed by atoms with Gasteiger partial charge in [-0.3, -0.25) is 9.48 Å². The Balaban J connectivity index is 1.97.